The normalized spacial score (nSPS) is 11.6. The van der Waals surface area contributed by atoms with Gasteiger partial charge in [-0.1, -0.05) is 35.9 Å². The van der Waals surface area contributed by atoms with Gasteiger partial charge >= 0.3 is 0 Å². The number of hydrazone groups is 1. The van der Waals surface area contributed by atoms with E-state index in [9.17, 15) is 13.2 Å². The fourth-order valence-corrected chi connectivity index (χ4v) is 4.35. The predicted molar refractivity (Wildman–Crippen MR) is 119 cm³/mol. The Kier molecular flexibility index (Phi) is 6.73. The van der Waals surface area contributed by atoms with Crippen LogP contribution in [0.3, 0.4) is 0 Å². The van der Waals surface area contributed by atoms with E-state index in [-0.39, 0.29) is 4.90 Å². The summed E-state index contributed by atoms with van der Waals surface area (Å²) in [5.41, 5.74) is 3.66. The van der Waals surface area contributed by atoms with Crippen molar-refractivity contribution in [3.63, 3.8) is 0 Å². The summed E-state index contributed by atoms with van der Waals surface area (Å²) in [4.78, 5) is 12.6. The predicted octanol–water partition coefficient (Wildman–Crippen LogP) is 4.00. The molecule has 1 heterocycles. The molecule has 0 aliphatic heterocycles. The number of amides is 1. The Morgan fingerprint density at radius 3 is 2.40 bits per heavy atom. The van der Waals surface area contributed by atoms with E-state index in [2.05, 4.69) is 26.5 Å². The number of nitrogens with one attached hydrogen (secondary N) is 1. The highest BCUT2D eigenvalue weighted by Crippen LogP contribution is 2.23. The Labute approximate surface area is 183 Å². The number of aryl methyl sites for hydroxylation is 2. The van der Waals surface area contributed by atoms with E-state index >= 15 is 0 Å². The van der Waals surface area contributed by atoms with Gasteiger partial charge in [-0.3, -0.25) is 9.10 Å². The summed E-state index contributed by atoms with van der Waals surface area (Å²) in [7, 11) is -3.95. The quantitative estimate of drug-likeness (QED) is 0.400. The number of benzene rings is 2. The van der Waals surface area contributed by atoms with Crippen molar-refractivity contribution in [3.05, 3.63) is 82.2 Å². The maximum Gasteiger partial charge on any atom is 0.264 e. The number of carbonyl (C=O) groups excluding carboxylic acids is 1. The lowest BCUT2D eigenvalue weighted by molar-refractivity contribution is -0.119. The molecule has 1 aromatic heterocycles. The lowest BCUT2D eigenvalue weighted by Crippen LogP contribution is -2.39. The van der Waals surface area contributed by atoms with E-state index in [1.54, 1.807) is 55.5 Å². The molecule has 1 amide bonds. The Morgan fingerprint density at radius 1 is 1.13 bits per heavy atom. The van der Waals surface area contributed by atoms with Crippen molar-refractivity contribution < 1.29 is 17.6 Å². The number of hydrogen-bond donors (Lipinski definition) is 1. The van der Waals surface area contributed by atoms with E-state index in [4.69, 9.17) is 4.42 Å². The van der Waals surface area contributed by atoms with Crippen LogP contribution in [-0.2, 0) is 14.8 Å². The van der Waals surface area contributed by atoms with Crippen LogP contribution in [0.1, 0.15) is 17.1 Å². The number of furan rings is 1. The van der Waals surface area contributed by atoms with Crippen molar-refractivity contribution in [2.24, 2.45) is 5.10 Å². The number of hydrogen-bond acceptors (Lipinski definition) is 5. The van der Waals surface area contributed by atoms with E-state index < -0.39 is 22.5 Å². The molecule has 0 saturated heterocycles. The fourth-order valence-electron chi connectivity index (χ4n) is 2.63. The molecular formula is C21H20BrN3O4S. The van der Waals surface area contributed by atoms with Crippen LogP contribution < -0.4 is 9.73 Å². The number of anilines is 1. The molecule has 0 unspecified atom stereocenters. The standard InChI is InChI=1S/C21H20BrN3O4S/c1-15-8-10-19(11-9-15)30(27,28)25(17-6-4-3-5-7-17)14-21(26)24-23-13-18-12-20(22)16(2)29-18/h3-13H,14H2,1-2H3,(H,24,26)/b23-13-. The highest BCUT2D eigenvalue weighted by molar-refractivity contribution is 9.10. The zero-order chi connectivity index (χ0) is 21.7. The average molecular weight is 490 g/mol. The average Bonchev–Trinajstić information content (AvgIpc) is 3.04. The maximum absolute atomic E-state index is 13.2. The minimum Gasteiger partial charge on any atom is -0.459 e. The minimum absolute atomic E-state index is 0.101. The molecule has 0 radical (unpaired) electrons. The van der Waals surface area contributed by atoms with Crippen molar-refractivity contribution in [2.45, 2.75) is 18.7 Å². The Balaban J connectivity index is 1.81. The van der Waals surface area contributed by atoms with Crippen molar-refractivity contribution in [2.75, 3.05) is 10.8 Å². The molecule has 1 N–H and O–H groups in total. The Hall–Kier alpha value is -2.91. The summed E-state index contributed by atoms with van der Waals surface area (Å²) in [6.45, 7) is 3.22. The first-order valence-corrected chi connectivity index (χ1v) is 11.2. The second-order valence-electron chi connectivity index (χ2n) is 6.51. The van der Waals surface area contributed by atoms with Crippen LogP contribution in [0.15, 0.2) is 79.6 Å². The summed E-state index contributed by atoms with van der Waals surface area (Å²) in [5, 5.41) is 3.85. The lowest BCUT2D eigenvalue weighted by Gasteiger charge is -2.23. The molecule has 0 spiro atoms. The molecule has 3 aromatic rings. The maximum atomic E-state index is 13.2. The van der Waals surface area contributed by atoms with Gasteiger partial charge in [0.2, 0.25) is 0 Å². The second kappa shape index (κ2) is 9.27. The summed E-state index contributed by atoms with van der Waals surface area (Å²) in [6, 6.07) is 16.6. The zero-order valence-corrected chi connectivity index (χ0v) is 18.8. The van der Waals surface area contributed by atoms with Crippen LogP contribution in [0, 0.1) is 13.8 Å². The first-order valence-electron chi connectivity index (χ1n) is 8.99. The molecule has 2 aromatic carbocycles. The molecule has 0 atom stereocenters. The van der Waals surface area contributed by atoms with E-state index in [1.807, 2.05) is 6.92 Å². The van der Waals surface area contributed by atoms with Crippen LogP contribution in [0.2, 0.25) is 0 Å². The molecule has 9 heteroatoms. The number of rotatable bonds is 7. The summed E-state index contributed by atoms with van der Waals surface area (Å²) < 4.78 is 33.7. The van der Waals surface area contributed by atoms with Gasteiger partial charge in [0.15, 0.2) is 0 Å². The first-order chi connectivity index (χ1) is 14.3. The SMILES string of the molecule is Cc1ccc(S(=O)(=O)N(CC(=O)N/N=C\c2cc(Br)c(C)o2)c2ccccc2)cc1. The van der Waals surface area contributed by atoms with Crippen LogP contribution >= 0.6 is 15.9 Å². The number of para-hydroxylation sites is 1. The summed E-state index contributed by atoms with van der Waals surface area (Å²) in [6.07, 6.45) is 1.34. The number of nitrogens with zero attached hydrogens (tertiary/aromatic N) is 2. The second-order valence-corrected chi connectivity index (χ2v) is 9.22. The van der Waals surface area contributed by atoms with E-state index in [0.29, 0.717) is 17.2 Å². The highest BCUT2D eigenvalue weighted by atomic mass is 79.9. The molecule has 0 saturated carbocycles. The molecule has 0 aliphatic rings. The van der Waals surface area contributed by atoms with Crippen LogP contribution in [-0.4, -0.2) is 27.1 Å². The van der Waals surface area contributed by atoms with Gasteiger partial charge in [-0.15, -0.1) is 0 Å². The summed E-state index contributed by atoms with van der Waals surface area (Å²) >= 11 is 3.33. The largest absolute Gasteiger partial charge is 0.459 e. The van der Waals surface area contributed by atoms with Gasteiger partial charge in [-0.2, -0.15) is 5.10 Å². The van der Waals surface area contributed by atoms with Gasteiger partial charge in [0, 0.05) is 6.07 Å². The molecule has 156 valence electrons. The van der Waals surface area contributed by atoms with Crippen LogP contribution in [0.25, 0.3) is 0 Å². The van der Waals surface area contributed by atoms with Crippen molar-refractivity contribution in [1.29, 1.82) is 0 Å². The number of sulfonamides is 1. The third-order valence-electron chi connectivity index (χ3n) is 4.20. The third kappa shape index (κ3) is 5.17. The van der Waals surface area contributed by atoms with Gasteiger partial charge in [-0.25, -0.2) is 13.8 Å². The molecule has 7 nitrogen and oxygen atoms in total. The molecule has 0 fully saturated rings. The Bertz CT molecular complexity index is 1140. The van der Waals surface area contributed by atoms with Crippen molar-refractivity contribution >= 4 is 43.8 Å². The number of carbonyl (C=O) groups is 1. The summed E-state index contributed by atoms with van der Waals surface area (Å²) in [5.74, 6) is 0.544. The Morgan fingerprint density at radius 2 is 1.80 bits per heavy atom. The highest BCUT2D eigenvalue weighted by Gasteiger charge is 2.27. The van der Waals surface area contributed by atoms with Crippen molar-refractivity contribution in [1.82, 2.24) is 5.43 Å². The van der Waals surface area contributed by atoms with E-state index in [1.165, 1.54) is 18.3 Å². The topological polar surface area (TPSA) is 92.0 Å². The molecule has 30 heavy (non-hydrogen) atoms. The van der Waals surface area contributed by atoms with Gasteiger partial charge < -0.3 is 4.42 Å². The molecule has 3 rings (SSSR count). The van der Waals surface area contributed by atoms with Crippen LogP contribution in [0.4, 0.5) is 5.69 Å². The zero-order valence-electron chi connectivity index (χ0n) is 16.4. The minimum atomic E-state index is -3.95. The molecule has 0 aliphatic carbocycles. The van der Waals surface area contributed by atoms with Gasteiger partial charge in [-0.05, 0) is 54.0 Å². The van der Waals surface area contributed by atoms with E-state index in [0.717, 1.165) is 14.3 Å². The lowest BCUT2D eigenvalue weighted by atomic mass is 10.2. The van der Waals surface area contributed by atoms with Gasteiger partial charge in [0.1, 0.15) is 18.1 Å². The van der Waals surface area contributed by atoms with Gasteiger partial charge in [0.05, 0.1) is 21.3 Å². The number of halogens is 1. The van der Waals surface area contributed by atoms with Gasteiger partial charge in [0.25, 0.3) is 15.9 Å². The van der Waals surface area contributed by atoms with Crippen LogP contribution in [0.5, 0.6) is 0 Å². The fraction of sp³-hybridized carbons (Fsp3) is 0.143. The molecule has 0 bridgehead atoms. The van der Waals surface area contributed by atoms with Crippen molar-refractivity contribution in [3.8, 4) is 0 Å². The molecular weight excluding hydrogens is 470 g/mol. The smallest absolute Gasteiger partial charge is 0.264 e. The monoisotopic (exact) mass is 489 g/mol. The third-order valence-corrected chi connectivity index (χ3v) is 6.77. The first kappa shape index (κ1) is 21.8.